The summed E-state index contributed by atoms with van der Waals surface area (Å²) >= 11 is 0. The van der Waals surface area contributed by atoms with Crippen molar-refractivity contribution in [3.63, 3.8) is 0 Å². The van der Waals surface area contributed by atoms with E-state index >= 15 is 0 Å². The van der Waals surface area contributed by atoms with Crippen LogP contribution in [0.4, 0.5) is 38.0 Å². The van der Waals surface area contributed by atoms with Gasteiger partial charge in [0.1, 0.15) is 11.3 Å². The molecule has 238 valence electrons. The zero-order valence-corrected chi connectivity index (χ0v) is 23.6. The van der Waals surface area contributed by atoms with Gasteiger partial charge in [0, 0.05) is 37.1 Å². The Labute approximate surface area is 247 Å². The number of fused-ring (bicyclic) bond motifs is 4. The molecule has 2 aliphatic heterocycles. The number of hydrogen-bond donors (Lipinski definition) is 2. The van der Waals surface area contributed by atoms with Gasteiger partial charge in [0.2, 0.25) is 5.95 Å². The van der Waals surface area contributed by atoms with Crippen LogP contribution >= 0.6 is 0 Å². The lowest BCUT2D eigenvalue weighted by molar-refractivity contribution is -0.274. The van der Waals surface area contributed by atoms with Gasteiger partial charge in [-0.05, 0) is 80.0 Å². The van der Waals surface area contributed by atoms with Crippen molar-refractivity contribution < 1.29 is 50.5 Å². The molecule has 1 aromatic carbocycles. The van der Waals surface area contributed by atoms with Crippen LogP contribution in [0.5, 0.6) is 5.75 Å². The van der Waals surface area contributed by atoms with E-state index in [4.69, 9.17) is 4.74 Å². The fourth-order valence-electron chi connectivity index (χ4n) is 7.77. The molecule has 4 atom stereocenters. The summed E-state index contributed by atoms with van der Waals surface area (Å²) in [4.78, 5) is 35.1. The van der Waals surface area contributed by atoms with Crippen LogP contribution in [0.1, 0.15) is 67.1 Å². The Morgan fingerprint density at radius 1 is 1.11 bits per heavy atom. The number of carbonyl (C=O) groups is 2. The van der Waals surface area contributed by atoms with E-state index in [1.807, 2.05) is 6.92 Å². The van der Waals surface area contributed by atoms with Crippen molar-refractivity contribution in [2.24, 2.45) is 17.8 Å². The van der Waals surface area contributed by atoms with E-state index in [0.29, 0.717) is 36.9 Å². The van der Waals surface area contributed by atoms with Gasteiger partial charge in [0.05, 0.1) is 5.56 Å². The highest BCUT2D eigenvalue weighted by atomic mass is 19.4. The Bertz CT molecular complexity index is 1480. The minimum Gasteiger partial charge on any atom is -0.479 e. The molecule has 4 unspecified atom stereocenters. The zero-order valence-electron chi connectivity index (χ0n) is 23.6. The van der Waals surface area contributed by atoms with E-state index in [0.717, 1.165) is 18.7 Å². The van der Waals surface area contributed by atoms with Crippen LogP contribution in [-0.2, 0) is 21.1 Å². The molecule has 3 fully saturated rings. The number of rotatable bonds is 5. The maximum absolute atomic E-state index is 14.4. The van der Waals surface area contributed by atoms with Crippen molar-refractivity contribution >= 4 is 23.5 Å². The average molecular weight is 629 g/mol. The molecule has 15 heteroatoms. The number of anilines is 2. The van der Waals surface area contributed by atoms with E-state index in [1.54, 1.807) is 0 Å². The van der Waals surface area contributed by atoms with Crippen LogP contribution in [0.25, 0.3) is 0 Å². The standard InChI is InChI=1S/C29H30F6N4O5/c1-15-8-16-10-17(9-15)27(12-16,24(41)42)38-23(40)19-13-36-25(37-22(19)28(30,31)32)39-14-26(4-6-43-7-5-26)20-11-18(2-3-21(20)39)44-29(33,34)35/h2-3,11,13,15-17H,4-10,12,14H2,1H3,(H,38,40)(H,41,42). The summed E-state index contributed by atoms with van der Waals surface area (Å²) in [5.74, 6) is -3.55. The molecule has 2 aliphatic carbocycles. The van der Waals surface area contributed by atoms with Crippen molar-refractivity contribution in [1.29, 1.82) is 0 Å². The predicted molar refractivity (Wildman–Crippen MR) is 141 cm³/mol. The van der Waals surface area contributed by atoms with Gasteiger partial charge in [-0.25, -0.2) is 14.8 Å². The summed E-state index contributed by atoms with van der Waals surface area (Å²) in [6.45, 7) is 2.63. The third-order valence-electron chi connectivity index (χ3n) is 9.57. The molecule has 3 heterocycles. The fraction of sp³-hybridized carbons (Fsp3) is 0.586. The van der Waals surface area contributed by atoms with Crippen molar-refractivity contribution in [1.82, 2.24) is 15.3 Å². The van der Waals surface area contributed by atoms with Crippen molar-refractivity contribution in [2.75, 3.05) is 24.7 Å². The van der Waals surface area contributed by atoms with E-state index in [-0.39, 0.29) is 38.0 Å². The van der Waals surface area contributed by atoms with Gasteiger partial charge >= 0.3 is 18.5 Å². The van der Waals surface area contributed by atoms with Crippen LogP contribution < -0.4 is 15.0 Å². The van der Waals surface area contributed by atoms with Gasteiger partial charge in [0.15, 0.2) is 5.69 Å². The molecule has 1 spiro atoms. The van der Waals surface area contributed by atoms with Gasteiger partial charge in [-0.15, -0.1) is 13.2 Å². The smallest absolute Gasteiger partial charge is 0.479 e. The first-order valence-corrected chi connectivity index (χ1v) is 14.4. The molecule has 1 saturated heterocycles. The Kier molecular flexibility index (Phi) is 7.25. The lowest BCUT2D eigenvalue weighted by Crippen LogP contribution is -2.57. The Morgan fingerprint density at radius 3 is 2.50 bits per heavy atom. The number of alkyl halides is 6. The summed E-state index contributed by atoms with van der Waals surface area (Å²) in [5, 5.41) is 12.6. The maximum atomic E-state index is 14.4. The number of carboxylic acids is 1. The number of nitrogens with zero attached hydrogens (tertiary/aromatic N) is 3. The van der Waals surface area contributed by atoms with E-state index in [1.165, 1.54) is 17.0 Å². The molecular formula is C29H30F6N4O5. The molecule has 2 N–H and O–H groups in total. The summed E-state index contributed by atoms with van der Waals surface area (Å²) in [5.41, 5.74) is -4.17. The monoisotopic (exact) mass is 628 g/mol. The highest BCUT2D eigenvalue weighted by Crippen LogP contribution is 2.52. The van der Waals surface area contributed by atoms with Crippen LogP contribution in [0, 0.1) is 17.8 Å². The fourth-order valence-corrected chi connectivity index (χ4v) is 7.77. The van der Waals surface area contributed by atoms with E-state index < -0.39 is 64.2 Å². The second-order valence-electron chi connectivity index (χ2n) is 12.4. The van der Waals surface area contributed by atoms with Gasteiger partial charge in [-0.1, -0.05) is 6.92 Å². The van der Waals surface area contributed by atoms with Crippen LogP contribution in [0.2, 0.25) is 0 Å². The SMILES string of the molecule is CC1CC2CC(C1)C(NC(=O)c1cnc(N3CC4(CCOCC4)c4cc(OC(F)(F)F)ccc43)nc1C(F)(F)F)(C(=O)O)C2. The topological polar surface area (TPSA) is 114 Å². The number of carboxylic acid groups (broad SMARTS) is 1. The number of halogens is 6. The first kappa shape index (κ1) is 30.4. The van der Waals surface area contributed by atoms with Crippen molar-refractivity contribution in [3.8, 4) is 5.75 Å². The second-order valence-corrected chi connectivity index (χ2v) is 12.4. The number of nitrogens with one attached hydrogen (secondary N) is 1. The predicted octanol–water partition coefficient (Wildman–Crippen LogP) is 5.60. The highest BCUT2D eigenvalue weighted by Gasteiger charge is 2.57. The molecule has 4 aliphatic rings. The number of benzene rings is 1. The Hall–Kier alpha value is -3.62. The molecule has 1 aromatic heterocycles. The number of hydrogen-bond acceptors (Lipinski definition) is 7. The first-order chi connectivity index (χ1) is 20.6. The molecule has 2 bridgehead atoms. The number of amides is 1. The number of carbonyl (C=O) groups excluding carboxylic acids is 1. The Morgan fingerprint density at radius 2 is 1.84 bits per heavy atom. The molecule has 2 aromatic rings. The van der Waals surface area contributed by atoms with Crippen molar-refractivity contribution in [3.05, 3.63) is 41.2 Å². The number of aliphatic carboxylic acids is 1. The van der Waals surface area contributed by atoms with E-state index in [9.17, 15) is 41.0 Å². The summed E-state index contributed by atoms with van der Waals surface area (Å²) in [7, 11) is 0. The minimum absolute atomic E-state index is 0.0376. The Balaban J connectivity index is 1.36. The maximum Gasteiger partial charge on any atom is 0.573 e. The van der Waals surface area contributed by atoms with E-state index in [2.05, 4.69) is 20.0 Å². The normalized spacial score (nSPS) is 27.7. The van der Waals surface area contributed by atoms with Crippen molar-refractivity contribution in [2.45, 2.75) is 68.9 Å². The molecule has 2 saturated carbocycles. The summed E-state index contributed by atoms with van der Waals surface area (Å²) in [6.07, 6.45) is -6.55. The third kappa shape index (κ3) is 5.32. The number of ether oxygens (including phenoxy) is 2. The third-order valence-corrected chi connectivity index (χ3v) is 9.57. The molecular weight excluding hydrogens is 598 g/mol. The van der Waals surface area contributed by atoms with Gasteiger partial charge < -0.3 is 24.8 Å². The average Bonchev–Trinajstić information content (AvgIpc) is 3.38. The molecule has 1 amide bonds. The van der Waals surface area contributed by atoms with Crippen LogP contribution in [0.15, 0.2) is 24.4 Å². The molecule has 6 rings (SSSR count). The number of aromatic nitrogens is 2. The molecule has 9 nitrogen and oxygen atoms in total. The second kappa shape index (κ2) is 10.5. The molecule has 0 radical (unpaired) electrons. The largest absolute Gasteiger partial charge is 0.573 e. The quantitative estimate of drug-likeness (QED) is 0.412. The highest BCUT2D eigenvalue weighted by molar-refractivity contribution is 5.99. The van der Waals surface area contributed by atoms with Crippen LogP contribution in [-0.4, -0.2) is 58.6 Å². The zero-order chi connectivity index (χ0) is 31.7. The summed E-state index contributed by atoms with van der Waals surface area (Å²) in [6, 6.07) is 3.60. The summed E-state index contributed by atoms with van der Waals surface area (Å²) < 4.78 is 91.7. The van der Waals surface area contributed by atoms with Gasteiger partial charge in [-0.2, -0.15) is 13.2 Å². The van der Waals surface area contributed by atoms with Gasteiger partial charge in [-0.3, -0.25) is 4.79 Å². The minimum atomic E-state index is -5.11. The molecule has 44 heavy (non-hydrogen) atoms. The lowest BCUT2D eigenvalue weighted by Gasteiger charge is -2.34. The van der Waals surface area contributed by atoms with Crippen LogP contribution in [0.3, 0.4) is 0 Å². The van der Waals surface area contributed by atoms with Gasteiger partial charge in [0.25, 0.3) is 5.91 Å². The lowest BCUT2D eigenvalue weighted by atomic mass is 9.76. The first-order valence-electron chi connectivity index (χ1n) is 14.4.